The zero-order valence-corrected chi connectivity index (χ0v) is 14.1. The molecule has 0 radical (unpaired) electrons. The number of amides is 1. The lowest BCUT2D eigenvalue weighted by Crippen LogP contribution is -2.16. The van der Waals surface area contributed by atoms with Crippen LogP contribution in [0.5, 0.6) is 5.75 Å². The van der Waals surface area contributed by atoms with Crippen LogP contribution in [-0.2, 0) is 16.1 Å². The molecular weight excluding hydrogens is 334 g/mol. The van der Waals surface area contributed by atoms with E-state index in [1.165, 1.54) is 13.1 Å². The van der Waals surface area contributed by atoms with Gasteiger partial charge in [-0.2, -0.15) is 5.10 Å². The Hall–Kier alpha value is -3.48. The van der Waals surface area contributed by atoms with Gasteiger partial charge in [0.1, 0.15) is 5.75 Å². The molecule has 0 atom stereocenters. The lowest BCUT2D eigenvalue weighted by Gasteiger charge is -2.09. The number of hydrogen-bond donors (Lipinski definition) is 1. The minimum absolute atomic E-state index is 0.104. The summed E-state index contributed by atoms with van der Waals surface area (Å²) in [6.07, 6.45) is 1.35. The van der Waals surface area contributed by atoms with Gasteiger partial charge < -0.3 is 10.1 Å². The van der Waals surface area contributed by atoms with Crippen molar-refractivity contribution in [2.45, 2.75) is 19.9 Å². The Morgan fingerprint density at radius 2 is 1.85 bits per heavy atom. The lowest BCUT2D eigenvalue weighted by molar-refractivity contribution is -0.134. The van der Waals surface area contributed by atoms with E-state index in [0.717, 1.165) is 0 Å². The SMILES string of the molecule is CC(=O)Nc1ccc(OC(=O)CCn2ncc(=O)c3ccccc32)cc1. The number of aromatic nitrogens is 2. The van der Waals surface area contributed by atoms with Crippen LogP contribution in [0.25, 0.3) is 10.9 Å². The zero-order valence-electron chi connectivity index (χ0n) is 14.1. The number of para-hydroxylation sites is 1. The van der Waals surface area contributed by atoms with E-state index < -0.39 is 5.97 Å². The Kier molecular flexibility index (Phi) is 5.07. The third kappa shape index (κ3) is 4.13. The fourth-order valence-corrected chi connectivity index (χ4v) is 2.53. The summed E-state index contributed by atoms with van der Waals surface area (Å²) < 4.78 is 6.89. The zero-order chi connectivity index (χ0) is 18.5. The molecule has 0 saturated heterocycles. The van der Waals surface area contributed by atoms with E-state index in [4.69, 9.17) is 4.74 Å². The molecule has 0 spiro atoms. The van der Waals surface area contributed by atoms with Gasteiger partial charge in [-0.25, -0.2) is 0 Å². The summed E-state index contributed by atoms with van der Waals surface area (Å²) in [6, 6.07) is 13.6. The van der Waals surface area contributed by atoms with Crippen molar-refractivity contribution in [3.63, 3.8) is 0 Å². The van der Waals surface area contributed by atoms with Crippen LogP contribution in [-0.4, -0.2) is 21.7 Å². The molecule has 1 heterocycles. The highest BCUT2D eigenvalue weighted by molar-refractivity contribution is 5.88. The maximum Gasteiger partial charge on any atom is 0.313 e. The number of hydrogen-bond acceptors (Lipinski definition) is 5. The number of benzene rings is 2. The maximum atomic E-state index is 12.1. The molecule has 7 nitrogen and oxygen atoms in total. The third-order valence-corrected chi connectivity index (χ3v) is 3.70. The molecule has 3 aromatic rings. The quantitative estimate of drug-likeness (QED) is 0.563. The first-order valence-corrected chi connectivity index (χ1v) is 8.06. The maximum absolute atomic E-state index is 12.1. The number of carbonyl (C=O) groups excluding carboxylic acids is 2. The molecule has 0 bridgehead atoms. The van der Waals surface area contributed by atoms with Gasteiger partial charge in [-0.1, -0.05) is 12.1 Å². The lowest BCUT2D eigenvalue weighted by atomic mass is 10.2. The van der Waals surface area contributed by atoms with E-state index in [9.17, 15) is 14.4 Å². The Morgan fingerprint density at radius 1 is 1.12 bits per heavy atom. The first kappa shape index (κ1) is 17.3. The molecule has 0 aliphatic heterocycles. The van der Waals surface area contributed by atoms with Crippen molar-refractivity contribution >= 4 is 28.5 Å². The highest BCUT2D eigenvalue weighted by Gasteiger charge is 2.08. The topological polar surface area (TPSA) is 90.3 Å². The predicted octanol–water partition coefficient (Wildman–Crippen LogP) is 2.35. The third-order valence-electron chi connectivity index (χ3n) is 3.70. The number of nitrogens with zero attached hydrogens (tertiary/aromatic N) is 2. The first-order valence-electron chi connectivity index (χ1n) is 8.06. The van der Waals surface area contributed by atoms with Crippen molar-refractivity contribution in [2.24, 2.45) is 0 Å². The predicted molar refractivity (Wildman–Crippen MR) is 97.0 cm³/mol. The van der Waals surface area contributed by atoms with Crippen LogP contribution >= 0.6 is 0 Å². The van der Waals surface area contributed by atoms with Crippen LogP contribution < -0.4 is 15.5 Å². The van der Waals surface area contributed by atoms with Crippen molar-refractivity contribution in [1.82, 2.24) is 9.78 Å². The van der Waals surface area contributed by atoms with Gasteiger partial charge in [0.25, 0.3) is 0 Å². The molecule has 3 rings (SSSR count). The molecule has 0 aliphatic rings. The average Bonchev–Trinajstić information content (AvgIpc) is 2.63. The summed E-state index contributed by atoms with van der Waals surface area (Å²) in [5, 5.41) is 7.28. The van der Waals surface area contributed by atoms with Crippen LogP contribution in [0.2, 0.25) is 0 Å². The monoisotopic (exact) mass is 351 g/mol. The summed E-state index contributed by atoms with van der Waals surface area (Å²) in [4.78, 5) is 34.9. The first-order chi connectivity index (χ1) is 12.5. The van der Waals surface area contributed by atoms with Crippen molar-refractivity contribution in [2.75, 3.05) is 5.32 Å². The smallest absolute Gasteiger partial charge is 0.313 e. The number of ether oxygens (including phenoxy) is 1. The summed E-state index contributed by atoms with van der Waals surface area (Å²) in [5.74, 6) is -0.195. The van der Waals surface area contributed by atoms with Gasteiger partial charge in [-0.15, -0.1) is 0 Å². The molecule has 0 fully saturated rings. The Bertz CT molecular complexity index is 1010. The number of nitrogens with one attached hydrogen (secondary N) is 1. The number of fused-ring (bicyclic) bond motifs is 1. The van der Waals surface area contributed by atoms with E-state index in [1.54, 1.807) is 47.1 Å². The van der Waals surface area contributed by atoms with Gasteiger partial charge in [0.2, 0.25) is 11.3 Å². The highest BCUT2D eigenvalue weighted by atomic mass is 16.5. The van der Waals surface area contributed by atoms with Crippen LogP contribution in [0.4, 0.5) is 5.69 Å². The molecule has 1 aromatic heterocycles. The van der Waals surface area contributed by atoms with E-state index in [1.807, 2.05) is 6.07 Å². The molecule has 132 valence electrons. The Balaban J connectivity index is 1.64. The summed E-state index contributed by atoms with van der Waals surface area (Å²) in [6.45, 7) is 1.71. The number of aryl methyl sites for hydroxylation is 1. The summed E-state index contributed by atoms with van der Waals surface area (Å²) >= 11 is 0. The van der Waals surface area contributed by atoms with Gasteiger partial charge in [-0.3, -0.25) is 19.1 Å². The minimum atomic E-state index is -0.415. The molecule has 2 aromatic carbocycles. The molecule has 0 unspecified atom stereocenters. The number of esters is 1. The molecule has 26 heavy (non-hydrogen) atoms. The summed E-state index contributed by atoms with van der Waals surface area (Å²) in [5.41, 5.74) is 1.15. The van der Waals surface area contributed by atoms with Crippen LogP contribution in [0.3, 0.4) is 0 Å². The van der Waals surface area contributed by atoms with E-state index in [2.05, 4.69) is 10.4 Å². The van der Waals surface area contributed by atoms with Crippen LogP contribution in [0.1, 0.15) is 13.3 Å². The normalized spacial score (nSPS) is 10.5. The van der Waals surface area contributed by atoms with Gasteiger partial charge in [0, 0.05) is 18.0 Å². The Morgan fingerprint density at radius 3 is 2.58 bits per heavy atom. The minimum Gasteiger partial charge on any atom is -0.426 e. The second-order valence-electron chi connectivity index (χ2n) is 5.68. The number of anilines is 1. The second kappa shape index (κ2) is 7.60. The molecule has 0 aliphatic carbocycles. The van der Waals surface area contributed by atoms with E-state index >= 15 is 0 Å². The van der Waals surface area contributed by atoms with Crippen LogP contribution in [0.15, 0.2) is 59.5 Å². The molecule has 1 amide bonds. The van der Waals surface area contributed by atoms with Crippen molar-refractivity contribution < 1.29 is 14.3 Å². The second-order valence-corrected chi connectivity index (χ2v) is 5.68. The van der Waals surface area contributed by atoms with Gasteiger partial charge >= 0.3 is 5.97 Å². The fourth-order valence-electron chi connectivity index (χ4n) is 2.53. The highest BCUT2D eigenvalue weighted by Crippen LogP contribution is 2.16. The van der Waals surface area contributed by atoms with Gasteiger partial charge in [0.15, 0.2) is 0 Å². The largest absolute Gasteiger partial charge is 0.426 e. The Labute approximate surface area is 149 Å². The van der Waals surface area contributed by atoms with E-state index in [0.29, 0.717) is 28.9 Å². The molecule has 0 saturated carbocycles. The summed E-state index contributed by atoms with van der Waals surface area (Å²) in [7, 11) is 0. The number of rotatable bonds is 5. The fraction of sp³-hybridized carbons (Fsp3) is 0.158. The number of carbonyl (C=O) groups is 2. The standard InChI is InChI=1S/C19H17N3O4/c1-13(23)21-14-6-8-15(9-7-14)26-19(25)10-11-22-17-5-3-2-4-16(17)18(24)12-20-22/h2-9,12H,10-11H2,1H3,(H,21,23). The molecular formula is C19H17N3O4. The van der Waals surface area contributed by atoms with Crippen molar-refractivity contribution in [3.8, 4) is 5.75 Å². The molecule has 1 N–H and O–H groups in total. The molecule has 7 heteroatoms. The van der Waals surface area contributed by atoms with Crippen molar-refractivity contribution in [1.29, 1.82) is 0 Å². The van der Waals surface area contributed by atoms with Crippen molar-refractivity contribution in [3.05, 3.63) is 65.0 Å². The van der Waals surface area contributed by atoms with Gasteiger partial charge in [-0.05, 0) is 36.4 Å². The van der Waals surface area contributed by atoms with Crippen LogP contribution in [0, 0.1) is 0 Å². The van der Waals surface area contributed by atoms with Gasteiger partial charge in [0.05, 0.1) is 24.7 Å². The average molecular weight is 351 g/mol. The van der Waals surface area contributed by atoms with E-state index in [-0.39, 0.29) is 17.8 Å².